The predicted molar refractivity (Wildman–Crippen MR) is 51.3 cm³/mol. The number of allylic oxidation sites excluding steroid dienone is 2. The van der Waals surface area contributed by atoms with Gasteiger partial charge in [-0.2, -0.15) is 5.26 Å². The summed E-state index contributed by atoms with van der Waals surface area (Å²) in [4.78, 5) is 4.41. The second-order valence-electron chi connectivity index (χ2n) is 3.63. The van der Waals surface area contributed by atoms with Crippen molar-refractivity contribution in [2.75, 3.05) is 0 Å². The van der Waals surface area contributed by atoms with E-state index in [0.717, 1.165) is 5.84 Å². The van der Waals surface area contributed by atoms with Crippen LogP contribution in [0, 0.1) is 11.3 Å². The predicted octanol–water partition coefficient (Wildman–Crippen LogP) is 1.16. The lowest BCUT2D eigenvalue weighted by Crippen LogP contribution is -2.45. The second kappa shape index (κ2) is 2.46. The second-order valence-corrected chi connectivity index (χ2v) is 3.63. The molecule has 0 aromatic rings. The third-order valence-electron chi connectivity index (χ3n) is 2.47. The number of nitrogens with zero attached hydrogens (tertiary/aromatic N) is 2. The van der Waals surface area contributed by atoms with E-state index in [1.165, 1.54) is 0 Å². The SMILES string of the molecule is CC1=NC2C=C(C#N)C=C[C@@]2(C)N1. The van der Waals surface area contributed by atoms with Crippen molar-refractivity contribution in [1.29, 1.82) is 5.26 Å². The average Bonchev–Trinajstić information content (AvgIpc) is 2.37. The molecule has 0 spiro atoms. The van der Waals surface area contributed by atoms with Crippen molar-refractivity contribution >= 4 is 5.84 Å². The Morgan fingerprint density at radius 3 is 3.15 bits per heavy atom. The first-order valence-corrected chi connectivity index (χ1v) is 4.28. The van der Waals surface area contributed by atoms with Crippen LogP contribution in [0.15, 0.2) is 28.8 Å². The van der Waals surface area contributed by atoms with Crippen molar-refractivity contribution in [3.63, 3.8) is 0 Å². The van der Waals surface area contributed by atoms with Crippen LogP contribution in [-0.4, -0.2) is 17.4 Å². The molecule has 0 saturated heterocycles. The van der Waals surface area contributed by atoms with Gasteiger partial charge in [-0.15, -0.1) is 0 Å². The van der Waals surface area contributed by atoms with Gasteiger partial charge >= 0.3 is 0 Å². The number of hydrogen-bond donors (Lipinski definition) is 1. The maximum absolute atomic E-state index is 8.72. The minimum absolute atomic E-state index is 0.0761. The van der Waals surface area contributed by atoms with Gasteiger partial charge in [-0.1, -0.05) is 6.08 Å². The molecule has 66 valence electrons. The quantitative estimate of drug-likeness (QED) is 0.597. The van der Waals surface area contributed by atoms with E-state index in [9.17, 15) is 0 Å². The molecule has 2 rings (SSSR count). The minimum Gasteiger partial charge on any atom is -0.363 e. The van der Waals surface area contributed by atoms with E-state index < -0.39 is 0 Å². The molecule has 0 saturated carbocycles. The van der Waals surface area contributed by atoms with Crippen molar-refractivity contribution in [3.8, 4) is 6.07 Å². The van der Waals surface area contributed by atoms with E-state index in [4.69, 9.17) is 5.26 Å². The number of fused-ring (bicyclic) bond motifs is 1. The standard InChI is InChI=1S/C10H11N3/c1-7-12-9-5-8(6-11)3-4-10(9,2)13-7/h3-5,9H,1-2H3,(H,12,13)/t9?,10-/m1/s1. The van der Waals surface area contributed by atoms with Gasteiger partial charge in [0.2, 0.25) is 0 Å². The first kappa shape index (κ1) is 8.06. The molecule has 0 bridgehead atoms. The highest BCUT2D eigenvalue weighted by Gasteiger charge is 2.37. The number of rotatable bonds is 0. The smallest absolute Gasteiger partial charge is 0.0988 e. The minimum atomic E-state index is -0.121. The molecule has 3 nitrogen and oxygen atoms in total. The zero-order chi connectivity index (χ0) is 9.47. The molecule has 0 amide bonds. The zero-order valence-electron chi connectivity index (χ0n) is 7.70. The fraction of sp³-hybridized carbons (Fsp3) is 0.400. The van der Waals surface area contributed by atoms with Gasteiger partial charge < -0.3 is 5.32 Å². The molecule has 0 aromatic carbocycles. The van der Waals surface area contributed by atoms with Crippen LogP contribution >= 0.6 is 0 Å². The Hall–Kier alpha value is -1.56. The lowest BCUT2D eigenvalue weighted by atomic mass is 9.87. The summed E-state index contributed by atoms with van der Waals surface area (Å²) in [5.74, 6) is 0.938. The maximum atomic E-state index is 8.72. The fourth-order valence-electron chi connectivity index (χ4n) is 1.75. The zero-order valence-corrected chi connectivity index (χ0v) is 7.70. The first-order valence-electron chi connectivity index (χ1n) is 4.28. The average molecular weight is 173 g/mol. The fourth-order valence-corrected chi connectivity index (χ4v) is 1.75. The van der Waals surface area contributed by atoms with Crippen LogP contribution in [0.3, 0.4) is 0 Å². The summed E-state index contributed by atoms with van der Waals surface area (Å²) in [6.45, 7) is 4.02. The Kier molecular flexibility index (Phi) is 1.53. The van der Waals surface area contributed by atoms with Gasteiger partial charge in [-0.05, 0) is 26.0 Å². The summed E-state index contributed by atoms with van der Waals surface area (Å²) in [6.07, 6.45) is 5.76. The topological polar surface area (TPSA) is 48.2 Å². The van der Waals surface area contributed by atoms with Crippen molar-refractivity contribution in [3.05, 3.63) is 23.8 Å². The summed E-state index contributed by atoms with van der Waals surface area (Å²) in [6, 6.07) is 2.20. The molecular weight excluding hydrogens is 162 g/mol. The van der Waals surface area contributed by atoms with E-state index in [1.54, 1.807) is 0 Å². The summed E-state index contributed by atoms with van der Waals surface area (Å²) in [5.41, 5.74) is 0.576. The van der Waals surface area contributed by atoms with Gasteiger partial charge in [0.05, 0.1) is 23.5 Å². The summed E-state index contributed by atoms with van der Waals surface area (Å²) >= 11 is 0. The number of aliphatic imine (C=N–C) groups is 1. The van der Waals surface area contributed by atoms with E-state index in [0.29, 0.717) is 5.57 Å². The van der Waals surface area contributed by atoms with Gasteiger partial charge in [-0.25, -0.2) is 0 Å². The van der Waals surface area contributed by atoms with Gasteiger partial charge in [-0.3, -0.25) is 4.99 Å². The normalized spacial score (nSPS) is 35.6. The molecule has 1 aliphatic carbocycles. The molecule has 3 heteroatoms. The first-order chi connectivity index (χ1) is 6.14. The van der Waals surface area contributed by atoms with E-state index in [1.807, 2.05) is 25.2 Å². The monoisotopic (exact) mass is 173 g/mol. The Morgan fingerprint density at radius 2 is 2.46 bits per heavy atom. The molecule has 0 aromatic heterocycles. The summed E-state index contributed by atoms with van der Waals surface area (Å²) < 4.78 is 0. The van der Waals surface area contributed by atoms with E-state index >= 15 is 0 Å². The van der Waals surface area contributed by atoms with Crippen molar-refractivity contribution < 1.29 is 0 Å². The van der Waals surface area contributed by atoms with Crippen LogP contribution < -0.4 is 5.32 Å². The van der Waals surface area contributed by atoms with Crippen LogP contribution in [0.25, 0.3) is 0 Å². The molecule has 2 atom stereocenters. The molecule has 1 unspecified atom stereocenters. The molecule has 0 fully saturated rings. The Bertz CT molecular complexity index is 370. The Morgan fingerprint density at radius 1 is 1.69 bits per heavy atom. The molecule has 1 N–H and O–H groups in total. The number of nitrogens with one attached hydrogen (secondary N) is 1. The summed E-state index contributed by atoms with van der Waals surface area (Å²) in [7, 11) is 0. The van der Waals surface area contributed by atoms with Crippen LogP contribution in [-0.2, 0) is 0 Å². The lowest BCUT2D eigenvalue weighted by molar-refractivity contribution is 0.499. The number of nitriles is 1. The highest BCUT2D eigenvalue weighted by atomic mass is 15.2. The van der Waals surface area contributed by atoms with Crippen LogP contribution in [0.1, 0.15) is 13.8 Å². The van der Waals surface area contributed by atoms with Crippen LogP contribution in [0.5, 0.6) is 0 Å². The van der Waals surface area contributed by atoms with Crippen molar-refractivity contribution in [1.82, 2.24) is 5.32 Å². The van der Waals surface area contributed by atoms with Crippen LogP contribution in [0.2, 0.25) is 0 Å². The van der Waals surface area contributed by atoms with Crippen LogP contribution in [0.4, 0.5) is 0 Å². The summed E-state index contributed by atoms with van der Waals surface area (Å²) in [5, 5.41) is 12.0. The Balaban J connectivity index is 2.38. The highest BCUT2D eigenvalue weighted by Crippen LogP contribution is 2.27. The van der Waals surface area contributed by atoms with Gasteiger partial charge in [0.15, 0.2) is 0 Å². The third kappa shape index (κ3) is 1.15. The highest BCUT2D eigenvalue weighted by molar-refractivity contribution is 5.84. The van der Waals surface area contributed by atoms with E-state index in [-0.39, 0.29) is 11.6 Å². The lowest BCUT2D eigenvalue weighted by Gasteiger charge is -2.28. The van der Waals surface area contributed by atoms with Crippen molar-refractivity contribution in [2.24, 2.45) is 4.99 Å². The largest absolute Gasteiger partial charge is 0.363 e. The number of amidine groups is 1. The van der Waals surface area contributed by atoms with Crippen molar-refractivity contribution in [2.45, 2.75) is 25.4 Å². The van der Waals surface area contributed by atoms with E-state index in [2.05, 4.69) is 23.3 Å². The van der Waals surface area contributed by atoms with Gasteiger partial charge in [0.25, 0.3) is 0 Å². The molecule has 0 radical (unpaired) electrons. The number of hydrogen-bond acceptors (Lipinski definition) is 3. The molecule has 13 heavy (non-hydrogen) atoms. The Labute approximate surface area is 77.5 Å². The molecule has 1 heterocycles. The van der Waals surface area contributed by atoms with Gasteiger partial charge in [0.1, 0.15) is 0 Å². The molecule has 2 aliphatic rings. The van der Waals surface area contributed by atoms with Gasteiger partial charge in [0, 0.05) is 5.57 Å². The maximum Gasteiger partial charge on any atom is 0.0988 e. The molecular formula is C10H11N3. The molecule has 1 aliphatic heterocycles. The third-order valence-corrected chi connectivity index (χ3v) is 2.47.